The Morgan fingerprint density at radius 1 is 1.24 bits per heavy atom. The van der Waals surface area contributed by atoms with E-state index in [0.717, 1.165) is 11.1 Å². The molecule has 1 aromatic rings. The van der Waals surface area contributed by atoms with E-state index in [0.29, 0.717) is 0 Å². The number of carbonyl (C=O) groups is 2. The second-order valence-corrected chi connectivity index (χ2v) is 6.27. The molecule has 0 saturated carbocycles. The summed E-state index contributed by atoms with van der Waals surface area (Å²) in [4.78, 5) is 25.7. The smallest absolute Gasteiger partial charge is 0.311 e. The maximum Gasteiger partial charge on any atom is 0.311 e. The molecule has 0 radical (unpaired) electrons. The Labute approximate surface area is 125 Å². The van der Waals surface area contributed by atoms with Crippen LogP contribution in [0.2, 0.25) is 0 Å². The number of fused-ring (bicyclic) bond motifs is 1. The molecule has 1 aliphatic heterocycles. The van der Waals surface area contributed by atoms with Crippen molar-refractivity contribution in [2.75, 3.05) is 0 Å². The van der Waals surface area contributed by atoms with Crippen molar-refractivity contribution in [1.29, 1.82) is 0 Å². The van der Waals surface area contributed by atoms with Crippen LogP contribution in [0.1, 0.15) is 44.9 Å². The monoisotopic (exact) mass is 287 g/mol. The number of carbonyl (C=O) groups excluding carboxylic acids is 1. The molecule has 0 bridgehead atoms. The van der Waals surface area contributed by atoms with Crippen molar-refractivity contribution in [1.82, 2.24) is 4.90 Å². The molecule has 1 amide bonds. The molecule has 0 spiro atoms. The third-order valence-corrected chi connectivity index (χ3v) is 3.97. The molecule has 1 unspecified atom stereocenters. The first-order valence-electron chi connectivity index (χ1n) is 7.09. The highest BCUT2D eigenvalue weighted by atomic mass is 16.4. The maximum absolute atomic E-state index is 12.5. The summed E-state index contributed by atoms with van der Waals surface area (Å²) in [5.74, 6) is -1.17. The van der Waals surface area contributed by atoms with Gasteiger partial charge in [-0.15, -0.1) is 0 Å². The summed E-state index contributed by atoms with van der Waals surface area (Å²) in [6.07, 6.45) is 3.57. The summed E-state index contributed by atoms with van der Waals surface area (Å²) in [6, 6.07) is 7.11. The van der Waals surface area contributed by atoms with Crippen LogP contribution in [0.3, 0.4) is 0 Å². The fourth-order valence-corrected chi connectivity index (χ4v) is 2.66. The zero-order valence-corrected chi connectivity index (χ0v) is 12.8. The number of aliphatic carboxylic acids is 1. The molecule has 0 aromatic heterocycles. The summed E-state index contributed by atoms with van der Waals surface area (Å²) in [5, 5.41) is 9.60. The van der Waals surface area contributed by atoms with Crippen molar-refractivity contribution in [2.24, 2.45) is 11.3 Å². The minimum absolute atomic E-state index is 0.0694. The van der Waals surface area contributed by atoms with Gasteiger partial charge in [-0.25, -0.2) is 0 Å². The lowest BCUT2D eigenvalue weighted by molar-refractivity contribution is -0.153. The number of rotatable bonds is 3. The van der Waals surface area contributed by atoms with E-state index in [1.54, 1.807) is 24.9 Å². The molecule has 1 atom stereocenters. The normalized spacial score (nSPS) is 17.8. The number of benzene rings is 1. The fraction of sp³-hybridized carbons (Fsp3) is 0.412. The summed E-state index contributed by atoms with van der Waals surface area (Å²) in [6.45, 7) is 6.97. The number of nitrogens with zero attached hydrogens (tertiary/aromatic N) is 1. The molecule has 1 N–H and O–H groups in total. The lowest BCUT2D eigenvalue weighted by Crippen LogP contribution is -2.45. The predicted octanol–water partition coefficient (Wildman–Crippen LogP) is 3.31. The first-order chi connectivity index (χ1) is 9.76. The van der Waals surface area contributed by atoms with Gasteiger partial charge in [0, 0.05) is 12.1 Å². The zero-order chi connectivity index (χ0) is 15.8. The summed E-state index contributed by atoms with van der Waals surface area (Å²) < 4.78 is 0. The molecule has 112 valence electrons. The van der Waals surface area contributed by atoms with Gasteiger partial charge in [-0.2, -0.15) is 0 Å². The Morgan fingerprint density at radius 2 is 1.86 bits per heavy atom. The summed E-state index contributed by atoms with van der Waals surface area (Å²) in [7, 11) is 0. The molecular formula is C17H21NO3. The third kappa shape index (κ3) is 2.58. The third-order valence-electron chi connectivity index (χ3n) is 3.97. The van der Waals surface area contributed by atoms with Crippen molar-refractivity contribution < 1.29 is 14.7 Å². The van der Waals surface area contributed by atoms with E-state index in [2.05, 4.69) is 0 Å². The number of hydrogen-bond acceptors (Lipinski definition) is 2. The van der Waals surface area contributed by atoms with Gasteiger partial charge in [-0.3, -0.25) is 9.59 Å². The number of amides is 1. The predicted molar refractivity (Wildman–Crippen MR) is 81.3 cm³/mol. The Balaban J connectivity index is 2.59. The average molecular weight is 287 g/mol. The lowest BCUT2D eigenvalue weighted by atomic mass is 9.76. The van der Waals surface area contributed by atoms with E-state index in [-0.39, 0.29) is 11.8 Å². The van der Waals surface area contributed by atoms with Crippen LogP contribution in [0.5, 0.6) is 0 Å². The molecule has 1 heterocycles. The molecule has 4 heteroatoms. The second-order valence-electron chi connectivity index (χ2n) is 6.27. The van der Waals surface area contributed by atoms with Crippen LogP contribution in [-0.4, -0.2) is 21.9 Å². The molecule has 0 aliphatic carbocycles. The van der Waals surface area contributed by atoms with Crippen molar-refractivity contribution in [3.8, 4) is 0 Å². The molecule has 1 aromatic carbocycles. The first-order valence-corrected chi connectivity index (χ1v) is 7.09. The van der Waals surface area contributed by atoms with E-state index in [9.17, 15) is 14.7 Å². The zero-order valence-electron chi connectivity index (χ0n) is 12.8. The summed E-state index contributed by atoms with van der Waals surface area (Å²) >= 11 is 0. The van der Waals surface area contributed by atoms with Crippen LogP contribution in [-0.2, 0) is 9.59 Å². The van der Waals surface area contributed by atoms with Crippen LogP contribution < -0.4 is 0 Å². The van der Waals surface area contributed by atoms with Gasteiger partial charge in [-0.1, -0.05) is 38.1 Å². The topological polar surface area (TPSA) is 57.6 Å². The second kappa shape index (κ2) is 5.35. The molecule has 1 aliphatic rings. The van der Waals surface area contributed by atoms with Gasteiger partial charge in [0.1, 0.15) is 0 Å². The molecule has 2 rings (SSSR count). The number of carboxylic acid groups (broad SMARTS) is 1. The number of hydrogen-bond donors (Lipinski definition) is 1. The highest BCUT2D eigenvalue weighted by Gasteiger charge is 2.44. The van der Waals surface area contributed by atoms with E-state index >= 15 is 0 Å². The van der Waals surface area contributed by atoms with Crippen LogP contribution in [0.4, 0.5) is 0 Å². The SMILES string of the molecule is CC(C)C(=O)N1C=Cc2ccccc2C1C(C)(C)C(=O)O. The van der Waals surface area contributed by atoms with Gasteiger partial charge in [0.25, 0.3) is 0 Å². The summed E-state index contributed by atoms with van der Waals surface area (Å²) in [5.41, 5.74) is 0.761. The van der Waals surface area contributed by atoms with Crippen molar-refractivity contribution in [3.05, 3.63) is 41.6 Å². The lowest BCUT2D eigenvalue weighted by Gasteiger charge is -2.41. The maximum atomic E-state index is 12.5. The molecule has 0 fully saturated rings. The average Bonchev–Trinajstić information content (AvgIpc) is 2.44. The molecule has 21 heavy (non-hydrogen) atoms. The minimum atomic E-state index is -1.08. The van der Waals surface area contributed by atoms with E-state index in [1.165, 1.54) is 0 Å². The van der Waals surface area contributed by atoms with E-state index in [1.807, 2.05) is 44.2 Å². The Kier molecular flexibility index (Phi) is 3.90. The van der Waals surface area contributed by atoms with Gasteiger partial charge in [-0.05, 0) is 31.1 Å². The van der Waals surface area contributed by atoms with E-state index in [4.69, 9.17) is 0 Å². The van der Waals surface area contributed by atoms with E-state index < -0.39 is 17.4 Å². The quantitative estimate of drug-likeness (QED) is 0.928. The van der Waals surface area contributed by atoms with Gasteiger partial charge < -0.3 is 10.0 Å². The highest BCUT2D eigenvalue weighted by molar-refractivity contribution is 5.84. The first kappa shape index (κ1) is 15.3. The fourth-order valence-electron chi connectivity index (χ4n) is 2.66. The van der Waals surface area contributed by atoms with Crippen molar-refractivity contribution in [2.45, 2.75) is 33.7 Å². The Hall–Kier alpha value is -2.10. The van der Waals surface area contributed by atoms with Crippen LogP contribution in [0.25, 0.3) is 6.08 Å². The highest BCUT2D eigenvalue weighted by Crippen LogP contribution is 2.43. The van der Waals surface area contributed by atoms with Crippen LogP contribution >= 0.6 is 0 Å². The van der Waals surface area contributed by atoms with Gasteiger partial charge >= 0.3 is 5.97 Å². The number of carboxylic acids is 1. The van der Waals surface area contributed by atoms with Crippen molar-refractivity contribution >= 4 is 18.0 Å². The minimum Gasteiger partial charge on any atom is -0.481 e. The van der Waals surface area contributed by atoms with Crippen LogP contribution in [0.15, 0.2) is 30.5 Å². The van der Waals surface area contributed by atoms with Gasteiger partial charge in [0.2, 0.25) is 5.91 Å². The Bertz CT molecular complexity index is 602. The standard InChI is InChI=1S/C17H21NO3/c1-11(2)15(19)18-10-9-12-7-5-6-8-13(12)14(18)17(3,4)16(20)21/h5-11,14H,1-4H3,(H,20,21). The van der Waals surface area contributed by atoms with Gasteiger partial charge in [0.05, 0.1) is 11.5 Å². The van der Waals surface area contributed by atoms with Gasteiger partial charge in [0.15, 0.2) is 0 Å². The Morgan fingerprint density at radius 3 is 2.43 bits per heavy atom. The molecule has 4 nitrogen and oxygen atoms in total. The molecule has 0 saturated heterocycles. The van der Waals surface area contributed by atoms with Crippen molar-refractivity contribution in [3.63, 3.8) is 0 Å². The van der Waals surface area contributed by atoms with Crippen LogP contribution in [0, 0.1) is 11.3 Å². The largest absolute Gasteiger partial charge is 0.481 e. The molecular weight excluding hydrogens is 266 g/mol.